The molecule has 0 radical (unpaired) electrons. The number of piperidine rings is 2. The second kappa shape index (κ2) is 5.02. The number of aliphatic carboxylic acids is 1. The molecule has 2 aliphatic heterocycles. The van der Waals surface area contributed by atoms with Gasteiger partial charge in [0.2, 0.25) is 5.91 Å². The summed E-state index contributed by atoms with van der Waals surface area (Å²) in [6.45, 7) is 4.66. The van der Waals surface area contributed by atoms with E-state index in [4.69, 9.17) is 5.11 Å². The molecule has 2 heterocycles. The van der Waals surface area contributed by atoms with E-state index in [-0.39, 0.29) is 29.2 Å². The molecular weight excluding hydrogens is 256 g/mol. The Bertz CT molecular complexity index is 417. The molecule has 2 N–H and O–H groups in total. The first kappa shape index (κ1) is 13.9. The molecule has 3 rings (SSSR count). The van der Waals surface area contributed by atoms with Crippen molar-refractivity contribution in [2.45, 2.75) is 45.1 Å². The maximum Gasteiger partial charge on any atom is 0.306 e. The highest BCUT2D eigenvalue weighted by atomic mass is 16.4. The normalized spacial score (nSPS) is 35.9. The van der Waals surface area contributed by atoms with Crippen molar-refractivity contribution < 1.29 is 14.7 Å². The molecule has 2 saturated heterocycles. The molecule has 0 aromatic heterocycles. The van der Waals surface area contributed by atoms with Gasteiger partial charge in [0.1, 0.15) is 0 Å². The lowest BCUT2D eigenvalue weighted by molar-refractivity contribution is -0.148. The van der Waals surface area contributed by atoms with Crippen LogP contribution in [0.1, 0.15) is 39.0 Å². The van der Waals surface area contributed by atoms with Gasteiger partial charge in [0.25, 0.3) is 0 Å². The highest BCUT2D eigenvalue weighted by molar-refractivity contribution is 5.83. The smallest absolute Gasteiger partial charge is 0.306 e. The summed E-state index contributed by atoms with van der Waals surface area (Å²) in [5, 5.41) is 12.4. The summed E-state index contributed by atoms with van der Waals surface area (Å²) in [5.41, 5.74) is 0.270. The van der Waals surface area contributed by atoms with Crippen LogP contribution < -0.4 is 5.32 Å². The standard InChI is InChI=1S/C15H24N2O3/c1-10-8-11(14(19)20)2-7-17(10)13(18)12-9-15(12)3-5-16-6-4-15/h10-12,16H,2-9H2,1H3,(H,19,20). The Morgan fingerprint density at radius 3 is 2.60 bits per heavy atom. The zero-order valence-corrected chi connectivity index (χ0v) is 12.1. The number of rotatable bonds is 2. The summed E-state index contributed by atoms with van der Waals surface area (Å²) in [6, 6.07) is 0.0664. The molecule has 0 aromatic carbocycles. The van der Waals surface area contributed by atoms with Crippen molar-refractivity contribution in [3.05, 3.63) is 0 Å². The summed E-state index contributed by atoms with van der Waals surface area (Å²) in [5.74, 6) is -0.511. The van der Waals surface area contributed by atoms with Crippen LogP contribution in [0.4, 0.5) is 0 Å². The van der Waals surface area contributed by atoms with E-state index in [9.17, 15) is 9.59 Å². The molecule has 1 saturated carbocycles. The molecule has 5 heteroatoms. The maximum atomic E-state index is 12.7. The maximum absolute atomic E-state index is 12.7. The van der Waals surface area contributed by atoms with Gasteiger partial charge in [-0.1, -0.05) is 0 Å². The van der Waals surface area contributed by atoms with Crippen LogP contribution in [0.2, 0.25) is 0 Å². The third-order valence-corrected chi connectivity index (χ3v) is 5.60. The van der Waals surface area contributed by atoms with Gasteiger partial charge in [-0.3, -0.25) is 9.59 Å². The van der Waals surface area contributed by atoms with Gasteiger partial charge in [-0.05, 0) is 57.5 Å². The van der Waals surface area contributed by atoms with Crippen LogP contribution in [0.5, 0.6) is 0 Å². The van der Waals surface area contributed by atoms with Gasteiger partial charge >= 0.3 is 5.97 Å². The van der Waals surface area contributed by atoms with Crippen molar-refractivity contribution >= 4 is 11.9 Å². The summed E-state index contributed by atoms with van der Waals surface area (Å²) in [4.78, 5) is 25.7. The average molecular weight is 280 g/mol. The number of carbonyl (C=O) groups is 2. The molecule has 1 aliphatic carbocycles. The van der Waals surface area contributed by atoms with Crippen LogP contribution in [0.25, 0.3) is 0 Å². The number of hydrogen-bond acceptors (Lipinski definition) is 3. The lowest BCUT2D eigenvalue weighted by Crippen LogP contribution is -2.47. The zero-order chi connectivity index (χ0) is 14.3. The van der Waals surface area contributed by atoms with Crippen molar-refractivity contribution in [3.8, 4) is 0 Å². The molecule has 0 bridgehead atoms. The van der Waals surface area contributed by atoms with Gasteiger partial charge in [-0.2, -0.15) is 0 Å². The van der Waals surface area contributed by atoms with Crippen LogP contribution in [0, 0.1) is 17.3 Å². The van der Waals surface area contributed by atoms with Gasteiger partial charge in [0, 0.05) is 18.5 Å². The molecule has 112 valence electrons. The van der Waals surface area contributed by atoms with Crippen molar-refractivity contribution in [2.75, 3.05) is 19.6 Å². The Kier molecular flexibility index (Phi) is 3.48. The van der Waals surface area contributed by atoms with E-state index in [0.717, 1.165) is 32.4 Å². The van der Waals surface area contributed by atoms with Gasteiger partial charge < -0.3 is 15.3 Å². The third kappa shape index (κ3) is 2.32. The number of carboxylic acid groups (broad SMARTS) is 1. The van der Waals surface area contributed by atoms with E-state index in [1.807, 2.05) is 11.8 Å². The van der Waals surface area contributed by atoms with Gasteiger partial charge in [0.15, 0.2) is 0 Å². The minimum Gasteiger partial charge on any atom is -0.481 e. The molecule has 5 nitrogen and oxygen atoms in total. The van der Waals surface area contributed by atoms with Crippen LogP contribution in [-0.2, 0) is 9.59 Å². The first-order valence-electron chi connectivity index (χ1n) is 7.77. The number of carboxylic acids is 1. The highest BCUT2D eigenvalue weighted by Gasteiger charge is 2.59. The molecule has 3 aliphatic rings. The fourth-order valence-corrected chi connectivity index (χ4v) is 4.10. The van der Waals surface area contributed by atoms with E-state index in [1.54, 1.807) is 0 Å². The fraction of sp³-hybridized carbons (Fsp3) is 0.867. The zero-order valence-electron chi connectivity index (χ0n) is 12.1. The molecule has 3 fully saturated rings. The predicted molar refractivity (Wildman–Crippen MR) is 74.2 cm³/mol. The van der Waals surface area contributed by atoms with Crippen molar-refractivity contribution in [1.29, 1.82) is 0 Å². The Morgan fingerprint density at radius 1 is 1.30 bits per heavy atom. The van der Waals surface area contributed by atoms with Gasteiger partial charge in [0.05, 0.1) is 5.92 Å². The van der Waals surface area contributed by atoms with Gasteiger partial charge in [-0.15, -0.1) is 0 Å². The van der Waals surface area contributed by atoms with Crippen molar-refractivity contribution in [1.82, 2.24) is 10.2 Å². The number of amides is 1. The number of likely N-dealkylation sites (tertiary alicyclic amines) is 1. The Balaban J connectivity index is 1.60. The summed E-state index contributed by atoms with van der Waals surface area (Å²) < 4.78 is 0. The SMILES string of the molecule is CC1CC(C(=O)O)CCN1C(=O)C1CC12CCNCC2. The lowest BCUT2D eigenvalue weighted by atomic mass is 9.89. The fourth-order valence-electron chi connectivity index (χ4n) is 4.10. The Hall–Kier alpha value is -1.10. The van der Waals surface area contributed by atoms with Gasteiger partial charge in [-0.25, -0.2) is 0 Å². The highest BCUT2D eigenvalue weighted by Crippen LogP contribution is 2.59. The van der Waals surface area contributed by atoms with Crippen LogP contribution in [0.3, 0.4) is 0 Å². The first-order chi connectivity index (χ1) is 9.53. The van der Waals surface area contributed by atoms with Crippen LogP contribution in [0.15, 0.2) is 0 Å². The average Bonchev–Trinajstić information content (AvgIpc) is 3.12. The lowest BCUT2D eigenvalue weighted by Gasteiger charge is -2.37. The van der Waals surface area contributed by atoms with E-state index in [2.05, 4.69) is 5.32 Å². The largest absolute Gasteiger partial charge is 0.481 e. The second-order valence-corrected chi connectivity index (χ2v) is 6.81. The molecule has 1 amide bonds. The van der Waals surface area contributed by atoms with E-state index in [1.165, 1.54) is 0 Å². The quantitative estimate of drug-likeness (QED) is 0.794. The molecule has 0 aromatic rings. The summed E-state index contributed by atoms with van der Waals surface area (Å²) >= 11 is 0. The number of hydrogen-bond donors (Lipinski definition) is 2. The number of nitrogens with zero attached hydrogens (tertiary/aromatic N) is 1. The topological polar surface area (TPSA) is 69.6 Å². The molecule has 20 heavy (non-hydrogen) atoms. The van der Waals surface area contributed by atoms with Crippen molar-refractivity contribution in [2.24, 2.45) is 17.3 Å². The Morgan fingerprint density at radius 2 is 2.00 bits per heavy atom. The minimum atomic E-state index is -0.717. The Labute approximate surface area is 119 Å². The number of carbonyl (C=O) groups excluding carboxylic acids is 1. The third-order valence-electron chi connectivity index (χ3n) is 5.60. The van der Waals surface area contributed by atoms with Crippen LogP contribution in [-0.4, -0.2) is 47.6 Å². The number of nitrogens with one attached hydrogen (secondary N) is 1. The molecule has 3 atom stereocenters. The van der Waals surface area contributed by atoms with E-state index in [0.29, 0.717) is 19.4 Å². The second-order valence-electron chi connectivity index (χ2n) is 6.81. The summed E-state index contributed by atoms with van der Waals surface area (Å²) in [7, 11) is 0. The predicted octanol–water partition coefficient (Wildman–Crippen LogP) is 1.09. The van der Waals surface area contributed by atoms with E-state index >= 15 is 0 Å². The van der Waals surface area contributed by atoms with E-state index < -0.39 is 5.97 Å². The molecular formula is C15H24N2O3. The first-order valence-corrected chi connectivity index (χ1v) is 7.77. The molecule has 1 spiro atoms. The summed E-state index contributed by atoms with van der Waals surface area (Å²) in [6.07, 6.45) is 4.47. The van der Waals surface area contributed by atoms with Crippen LogP contribution >= 0.6 is 0 Å². The molecule has 3 unspecified atom stereocenters. The van der Waals surface area contributed by atoms with Crippen molar-refractivity contribution in [3.63, 3.8) is 0 Å². The minimum absolute atomic E-state index is 0.0664. The monoisotopic (exact) mass is 280 g/mol.